The maximum atomic E-state index is 11.9. The van der Waals surface area contributed by atoms with Crippen molar-refractivity contribution in [2.24, 2.45) is 0 Å². The Hall–Kier alpha value is -3.88. The normalized spacial score (nSPS) is 13.1. The van der Waals surface area contributed by atoms with E-state index in [0.717, 1.165) is 11.6 Å². The molecule has 3 rings (SSSR count). The van der Waals surface area contributed by atoms with E-state index >= 15 is 0 Å². The maximum Gasteiger partial charge on any atom is 0.331 e. The maximum absolute atomic E-state index is 11.9. The zero-order valence-corrected chi connectivity index (χ0v) is 16.2. The van der Waals surface area contributed by atoms with Gasteiger partial charge in [0.15, 0.2) is 18.1 Å². The largest absolute Gasteiger partial charge is 0.454 e. The smallest absolute Gasteiger partial charge is 0.331 e. The van der Waals surface area contributed by atoms with Gasteiger partial charge in [-0.2, -0.15) is 0 Å². The minimum absolute atomic E-state index is 0.0281. The van der Waals surface area contributed by atoms with Crippen molar-refractivity contribution in [3.63, 3.8) is 0 Å². The lowest BCUT2D eigenvalue weighted by Gasteiger charge is -2.12. The molecule has 1 aliphatic rings. The number of carbonyl (C=O) groups excluding carboxylic acids is 2. The van der Waals surface area contributed by atoms with Crippen LogP contribution in [0.5, 0.6) is 11.5 Å². The Labute approximate surface area is 172 Å². The Bertz CT molecular complexity index is 973. The zero-order chi connectivity index (χ0) is 21.5. The van der Waals surface area contributed by atoms with Crippen LogP contribution in [0.3, 0.4) is 0 Å². The first kappa shape index (κ1) is 20.8. The summed E-state index contributed by atoms with van der Waals surface area (Å²) in [5, 5.41) is 13.9. The van der Waals surface area contributed by atoms with E-state index in [-0.39, 0.29) is 29.7 Å². The topological polar surface area (TPSA) is 117 Å². The van der Waals surface area contributed by atoms with Gasteiger partial charge in [0, 0.05) is 12.6 Å². The van der Waals surface area contributed by atoms with Crippen molar-refractivity contribution in [3.05, 3.63) is 69.8 Å². The highest BCUT2D eigenvalue weighted by Gasteiger charge is 2.22. The second-order valence-electron chi connectivity index (χ2n) is 6.58. The second kappa shape index (κ2) is 9.55. The van der Waals surface area contributed by atoms with Crippen LogP contribution in [0, 0.1) is 10.1 Å². The molecule has 0 bridgehead atoms. The van der Waals surface area contributed by atoms with Crippen molar-refractivity contribution < 1.29 is 28.7 Å². The highest BCUT2D eigenvalue weighted by Crippen LogP contribution is 2.38. The molecule has 2 aromatic rings. The molecule has 1 heterocycles. The van der Waals surface area contributed by atoms with E-state index < -0.39 is 23.4 Å². The van der Waals surface area contributed by atoms with Gasteiger partial charge in [-0.1, -0.05) is 37.3 Å². The molecule has 0 saturated carbocycles. The third-order valence-electron chi connectivity index (χ3n) is 4.44. The van der Waals surface area contributed by atoms with Crippen LogP contribution in [0.25, 0.3) is 6.08 Å². The summed E-state index contributed by atoms with van der Waals surface area (Å²) in [5.41, 5.74) is 1.00. The van der Waals surface area contributed by atoms with Crippen LogP contribution in [-0.2, 0) is 14.3 Å². The number of ether oxygens (including phenoxy) is 3. The Morgan fingerprint density at radius 3 is 2.63 bits per heavy atom. The molecule has 0 aliphatic carbocycles. The third-order valence-corrected chi connectivity index (χ3v) is 4.44. The minimum atomic E-state index is -0.798. The third kappa shape index (κ3) is 5.34. The molecule has 0 aromatic heterocycles. The fourth-order valence-electron chi connectivity index (χ4n) is 2.80. The lowest BCUT2D eigenvalue weighted by molar-refractivity contribution is -0.385. The Kier molecular flexibility index (Phi) is 6.63. The summed E-state index contributed by atoms with van der Waals surface area (Å²) in [7, 11) is 0. The number of hydrogen-bond acceptors (Lipinski definition) is 7. The van der Waals surface area contributed by atoms with Crippen LogP contribution in [0.2, 0.25) is 0 Å². The predicted molar refractivity (Wildman–Crippen MR) is 107 cm³/mol. The molecule has 9 heteroatoms. The second-order valence-corrected chi connectivity index (χ2v) is 6.58. The van der Waals surface area contributed by atoms with E-state index in [2.05, 4.69) is 5.32 Å². The summed E-state index contributed by atoms with van der Waals surface area (Å²) in [6, 6.07) is 12.3. The number of benzene rings is 2. The van der Waals surface area contributed by atoms with Crippen LogP contribution in [0.1, 0.15) is 24.0 Å². The van der Waals surface area contributed by atoms with Crippen LogP contribution in [0.4, 0.5) is 5.69 Å². The molecular formula is C21H20N2O7. The molecule has 1 amide bonds. The van der Waals surface area contributed by atoms with Crippen molar-refractivity contribution in [2.75, 3.05) is 19.9 Å². The molecule has 1 N–H and O–H groups in total. The molecule has 1 atom stereocenters. The molecule has 0 saturated heterocycles. The van der Waals surface area contributed by atoms with E-state index in [0.29, 0.717) is 12.3 Å². The lowest BCUT2D eigenvalue weighted by atomic mass is 10.0. The number of fused-ring (bicyclic) bond motifs is 1. The van der Waals surface area contributed by atoms with Gasteiger partial charge in [0.05, 0.1) is 16.6 Å². The van der Waals surface area contributed by atoms with Crippen molar-refractivity contribution in [1.82, 2.24) is 5.32 Å². The number of nitro benzene ring substituents is 1. The number of rotatable bonds is 8. The molecular weight excluding hydrogens is 392 g/mol. The Morgan fingerprint density at radius 1 is 1.23 bits per heavy atom. The standard InChI is InChI=1S/C21H20N2O7/c1-14(15-5-3-2-4-6-15)11-22-20(24)12-28-21(25)8-7-16-9-18-19(30-13-29-18)10-17(16)23(26)27/h2-10,14H,11-13H2,1H3,(H,22,24)/b8-7+/t14-/m1/s1. The predicted octanol–water partition coefficient (Wildman–Crippen LogP) is 2.80. The van der Waals surface area contributed by atoms with Gasteiger partial charge >= 0.3 is 5.97 Å². The van der Waals surface area contributed by atoms with E-state index in [1.54, 1.807) is 0 Å². The van der Waals surface area contributed by atoms with Crippen LogP contribution in [0.15, 0.2) is 48.5 Å². The van der Waals surface area contributed by atoms with Gasteiger partial charge in [0.2, 0.25) is 6.79 Å². The highest BCUT2D eigenvalue weighted by molar-refractivity contribution is 5.90. The van der Waals surface area contributed by atoms with Crippen LogP contribution in [-0.4, -0.2) is 36.7 Å². The summed E-state index contributed by atoms with van der Waals surface area (Å²) >= 11 is 0. The summed E-state index contributed by atoms with van der Waals surface area (Å²) < 4.78 is 15.2. The Balaban J connectivity index is 1.50. The first-order valence-corrected chi connectivity index (χ1v) is 9.18. The number of nitrogens with zero attached hydrogens (tertiary/aromatic N) is 1. The first-order chi connectivity index (χ1) is 14.4. The quantitative estimate of drug-likeness (QED) is 0.307. The molecule has 0 spiro atoms. The van der Waals surface area contributed by atoms with E-state index in [4.69, 9.17) is 14.2 Å². The molecule has 0 fully saturated rings. The van der Waals surface area contributed by atoms with E-state index in [1.807, 2.05) is 37.3 Å². The molecule has 0 radical (unpaired) electrons. The van der Waals surface area contributed by atoms with Crippen LogP contribution >= 0.6 is 0 Å². The summed E-state index contributed by atoms with van der Waals surface area (Å²) in [6.45, 7) is 1.90. The van der Waals surface area contributed by atoms with E-state index in [9.17, 15) is 19.7 Å². The zero-order valence-electron chi connectivity index (χ0n) is 16.2. The van der Waals surface area contributed by atoms with Gasteiger partial charge in [-0.3, -0.25) is 14.9 Å². The SMILES string of the molecule is C[C@H](CNC(=O)COC(=O)/C=C/c1cc2c(cc1[N+](=O)[O-])OCO2)c1ccccc1. The number of nitrogens with one attached hydrogen (secondary N) is 1. The van der Waals surface area contributed by atoms with Gasteiger partial charge < -0.3 is 19.5 Å². The number of nitro groups is 1. The monoisotopic (exact) mass is 412 g/mol. The fraction of sp³-hybridized carbons (Fsp3) is 0.238. The van der Waals surface area contributed by atoms with Gasteiger partial charge in [-0.15, -0.1) is 0 Å². The van der Waals surface area contributed by atoms with Gasteiger partial charge in [-0.25, -0.2) is 4.79 Å². The summed E-state index contributed by atoms with van der Waals surface area (Å²) in [5.74, 6) is -0.512. The van der Waals surface area contributed by atoms with Crippen molar-refractivity contribution >= 4 is 23.6 Å². The number of esters is 1. The van der Waals surface area contributed by atoms with Gasteiger partial charge in [0.25, 0.3) is 11.6 Å². The number of carbonyl (C=O) groups is 2. The lowest BCUT2D eigenvalue weighted by Crippen LogP contribution is -2.31. The molecule has 156 valence electrons. The van der Waals surface area contributed by atoms with Crippen molar-refractivity contribution in [1.29, 1.82) is 0 Å². The average Bonchev–Trinajstić information content (AvgIpc) is 3.21. The Morgan fingerprint density at radius 2 is 1.93 bits per heavy atom. The van der Waals surface area contributed by atoms with Gasteiger partial charge in [-0.05, 0) is 23.6 Å². The molecule has 1 aliphatic heterocycles. The highest BCUT2D eigenvalue weighted by atomic mass is 16.7. The minimum Gasteiger partial charge on any atom is -0.454 e. The first-order valence-electron chi connectivity index (χ1n) is 9.18. The molecule has 2 aromatic carbocycles. The summed E-state index contributed by atoms with van der Waals surface area (Å²) in [6.07, 6.45) is 2.25. The van der Waals surface area contributed by atoms with Crippen molar-refractivity contribution in [2.45, 2.75) is 12.8 Å². The fourth-order valence-corrected chi connectivity index (χ4v) is 2.80. The molecule has 30 heavy (non-hydrogen) atoms. The molecule has 9 nitrogen and oxygen atoms in total. The van der Waals surface area contributed by atoms with Crippen LogP contribution < -0.4 is 14.8 Å². The van der Waals surface area contributed by atoms with E-state index in [1.165, 1.54) is 18.2 Å². The number of amides is 1. The van der Waals surface area contributed by atoms with Crippen molar-refractivity contribution in [3.8, 4) is 11.5 Å². The van der Waals surface area contributed by atoms with Gasteiger partial charge in [0.1, 0.15) is 0 Å². The number of hydrogen-bond donors (Lipinski definition) is 1. The average molecular weight is 412 g/mol. The summed E-state index contributed by atoms with van der Waals surface area (Å²) in [4.78, 5) is 34.4. The molecule has 0 unspecified atom stereocenters.